The van der Waals surface area contributed by atoms with Gasteiger partial charge in [0, 0.05) is 48.7 Å². The van der Waals surface area contributed by atoms with Gasteiger partial charge in [-0.1, -0.05) is 128 Å². The number of aryl methyl sites for hydroxylation is 2. The summed E-state index contributed by atoms with van der Waals surface area (Å²) >= 11 is 1.96. The minimum atomic E-state index is -0.122. The molecule has 1 N–H and O–H groups in total. The number of hydrogen-bond donors (Lipinski definition) is 1. The maximum absolute atomic E-state index is 3.98. The molecule has 0 saturated heterocycles. The van der Waals surface area contributed by atoms with Crippen molar-refractivity contribution < 1.29 is 0 Å². The Morgan fingerprint density at radius 3 is 2.18 bits per heavy atom. The van der Waals surface area contributed by atoms with Crippen LogP contribution in [0.3, 0.4) is 0 Å². The lowest BCUT2D eigenvalue weighted by Gasteiger charge is -2.26. The molecule has 1 aliphatic carbocycles. The summed E-state index contributed by atoms with van der Waals surface area (Å²) in [5, 5.41) is 10.6. The van der Waals surface area contributed by atoms with Crippen molar-refractivity contribution in [1.82, 2.24) is 4.57 Å². The molecule has 57 heavy (non-hydrogen) atoms. The second kappa shape index (κ2) is 11.8. The summed E-state index contributed by atoms with van der Waals surface area (Å²) in [4.78, 5) is 0. The van der Waals surface area contributed by atoms with Gasteiger partial charge in [-0.3, -0.25) is 0 Å². The second-order valence-electron chi connectivity index (χ2n) is 16.7. The van der Waals surface area contributed by atoms with Crippen LogP contribution < -0.4 is 15.6 Å². The van der Waals surface area contributed by atoms with E-state index in [1.54, 1.807) is 0 Å². The molecule has 0 spiro atoms. The van der Waals surface area contributed by atoms with Gasteiger partial charge in [0.15, 0.2) is 0 Å². The van der Waals surface area contributed by atoms with E-state index in [9.17, 15) is 0 Å². The van der Waals surface area contributed by atoms with E-state index >= 15 is 0 Å². The summed E-state index contributed by atoms with van der Waals surface area (Å²) < 4.78 is 5.39. The highest BCUT2D eigenvalue weighted by atomic mass is 32.1. The molecule has 1 aliphatic heterocycles. The third-order valence-electron chi connectivity index (χ3n) is 12.9. The van der Waals surface area contributed by atoms with Crippen LogP contribution in [0.4, 0.5) is 11.4 Å². The van der Waals surface area contributed by atoms with Crippen LogP contribution in [-0.4, -0.2) is 11.8 Å². The van der Waals surface area contributed by atoms with Crippen molar-refractivity contribution in [2.45, 2.75) is 33.1 Å². The molecule has 0 bridgehead atoms. The van der Waals surface area contributed by atoms with Crippen molar-refractivity contribution in [3.8, 4) is 39.1 Å². The maximum atomic E-state index is 3.98. The first-order valence-electron chi connectivity index (χ1n) is 20.1. The molecule has 270 valence electrons. The van der Waals surface area contributed by atoms with Crippen LogP contribution >= 0.6 is 11.3 Å². The zero-order valence-electron chi connectivity index (χ0n) is 32.5. The molecular formula is C53H39BN2S. The van der Waals surface area contributed by atoms with Crippen LogP contribution in [0.25, 0.3) is 81.7 Å². The van der Waals surface area contributed by atoms with E-state index in [2.05, 4.69) is 189 Å². The van der Waals surface area contributed by atoms with Crippen molar-refractivity contribution in [2.75, 3.05) is 5.32 Å². The number of nitrogens with one attached hydrogen (secondary N) is 1. The predicted octanol–water partition coefficient (Wildman–Crippen LogP) is 12.9. The Kier molecular flexibility index (Phi) is 6.82. The lowest BCUT2D eigenvalue weighted by Crippen LogP contribution is -2.35. The zero-order valence-corrected chi connectivity index (χ0v) is 33.3. The minimum Gasteiger partial charge on any atom is -0.355 e. The normalized spacial score (nSPS) is 13.5. The van der Waals surface area contributed by atoms with Crippen LogP contribution in [0.1, 0.15) is 36.1 Å². The second-order valence-corrected chi connectivity index (χ2v) is 17.8. The van der Waals surface area contributed by atoms with Gasteiger partial charge in [-0.2, -0.15) is 0 Å². The molecule has 12 rings (SSSR count). The van der Waals surface area contributed by atoms with Gasteiger partial charge < -0.3 is 9.88 Å². The lowest BCUT2D eigenvalue weighted by atomic mass is 9.62. The number of anilines is 2. The van der Waals surface area contributed by atoms with Crippen LogP contribution in [0.2, 0.25) is 0 Å². The fraction of sp³-hybridized carbons (Fsp3) is 0.0943. The molecule has 10 aromatic rings. The summed E-state index contributed by atoms with van der Waals surface area (Å²) in [5.41, 5.74) is 20.5. The van der Waals surface area contributed by atoms with Crippen molar-refractivity contribution in [3.63, 3.8) is 0 Å². The molecule has 0 saturated carbocycles. The molecular weight excluding hydrogens is 707 g/mol. The standard InChI is InChI=1S/C53H39BN2S/c1-30-18-22-34(23-19-30)55-44-29-43-38(35-14-10-11-17-42(35)53(43,3)4)28-39(44)47-36-15-8-9-16-37(36)48-40-26-31(2)20-24-45(40)56-50-41-27-33(32-12-6-5-7-13-32)21-25-46(41)57-52(50)54-49(47)51(48)56/h5-29,54-55H,1-4H3. The molecule has 2 aromatic heterocycles. The molecule has 3 heterocycles. The van der Waals surface area contributed by atoms with Crippen molar-refractivity contribution >= 4 is 82.9 Å². The summed E-state index contributed by atoms with van der Waals surface area (Å²) in [6.45, 7) is 9.14. The number of aromatic nitrogens is 1. The van der Waals surface area contributed by atoms with Crippen molar-refractivity contribution in [3.05, 3.63) is 174 Å². The Morgan fingerprint density at radius 2 is 1.33 bits per heavy atom. The number of fused-ring (bicyclic) bond motifs is 12. The van der Waals surface area contributed by atoms with Gasteiger partial charge in [0.25, 0.3) is 0 Å². The summed E-state index contributed by atoms with van der Waals surface area (Å²) in [7, 11) is 0.866. The van der Waals surface area contributed by atoms with Gasteiger partial charge in [-0.25, -0.2) is 0 Å². The SMILES string of the molecule is Cc1ccc(Nc2cc3c(cc2-c2c4c5c(c6ccccc26)c2cc(C)ccc2n5-c2c(sc5ccc(-c6ccccc6)cc25)B4)-c2ccccc2C3(C)C)cc1. The highest BCUT2D eigenvalue weighted by Gasteiger charge is 2.37. The molecule has 0 atom stereocenters. The van der Waals surface area contributed by atoms with Crippen LogP contribution in [-0.2, 0) is 5.41 Å². The fourth-order valence-electron chi connectivity index (χ4n) is 10.2. The van der Waals surface area contributed by atoms with E-state index in [0.29, 0.717) is 0 Å². The Hall–Kier alpha value is -6.36. The minimum absolute atomic E-state index is 0.122. The van der Waals surface area contributed by atoms with E-state index in [-0.39, 0.29) is 5.41 Å². The first-order chi connectivity index (χ1) is 27.8. The maximum Gasteiger partial charge on any atom is 0.211 e. The van der Waals surface area contributed by atoms with Gasteiger partial charge >= 0.3 is 0 Å². The summed E-state index contributed by atoms with van der Waals surface area (Å²) in [5.74, 6) is 0. The van der Waals surface area contributed by atoms with Crippen LogP contribution in [0.5, 0.6) is 0 Å². The average molecular weight is 747 g/mol. The molecule has 4 heteroatoms. The van der Waals surface area contributed by atoms with E-state index in [4.69, 9.17) is 0 Å². The van der Waals surface area contributed by atoms with Crippen LogP contribution in [0, 0.1) is 13.8 Å². The predicted molar refractivity (Wildman–Crippen MR) is 248 cm³/mol. The van der Waals surface area contributed by atoms with Gasteiger partial charge in [0.1, 0.15) is 0 Å². The topological polar surface area (TPSA) is 17.0 Å². The molecule has 2 aliphatic rings. The van der Waals surface area contributed by atoms with E-state index < -0.39 is 0 Å². The fourth-order valence-corrected chi connectivity index (χ4v) is 11.4. The van der Waals surface area contributed by atoms with E-state index in [1.165, 1.54) is 114 Å². The van der Waals surface area contributed by atoms with Gasteiger partial charge in [0.2, 0.25) is 7.28 Å². The van der Waals surface area contributed by atoms with E-state index in [0.717, 1.165) is 18.7 Å². The molecule has 0 amide bonds. The average Bonchev–Trinajstić information content (AvgIpc) is 3.84. The third-order valence-corrected chi connectivity index (χ3v) is 14.1. The van der Waals surface area contributed by atoms with Gasteiger partial charge in [0.05, 0.1) is 11.2 Å². The molecule has 8 aromatic carbocycles. The van der Waals surface area contributed by atoms with Gasteiger partial charge in [-0.05, 0) is 122 Å². The number of benzene rings is 8. The highest BCUT2D eigenvalue weighted by molar-refractivity contribution is 7.29. The van der Waals surface area contributed by atoms with Crippen LogP contribution in [0.15, 0.2) is 152 Å². The molecule has 0 unspecified atom stereocenters. The Bertz CT molecular complexity index is 3330. The number of thiophene rings is 1. The Morgan fingerprint density at radius 1 is 0.579 bits per heavy atom. The smallest absolute Gasteiger partial charge is 0.211 e. The quantitative estimate of drug-likeness (QED) is 0.178. The number of rotatable bonds is 4. The largest absolute Gasteiger partial charge is 0.355 e. The zero-order chi connectivity index (χ0) is 38.2. The Labute approximate surface area is 337 Å². The highest BCUT2D eigenvalue weighted by Crippen LogP contribution is 2.53. The summed E-state index contributed by atoms with van der Waals surface area (Å²) in [6, 6.07) is 57.0. The first kappa shape index (κ1) is 32.8. The first-order valence-corrected chi connectivity index (χ1v) is 20.9. The molecule has 0 fully saturated rings. The monoisotopic (exact) mass is 746 g/mol. The van der Waals surface area contributed by atoms with Crippen molar-refractivity contribution in [1.29, 1.82) is 0 Å². The van der Waals surface area contributed by atoms with E-state index in [1.807, 2.05) is 11.3 Å². The summed E-state index contributed by atoms with van der Waals surface area (Å²) in [6.07, 6.45) is 0. The Balaban J connectivity index is 1.22. The molecule has 0 radical (unpaired) electrons. The molecule has 2 nitrogen and oxygen atoms in total. The van der Waals surface area contributed by atoms with Gasteiger partial charge in [-0.15, -0.1) is 11.3 Å². The van der Waals surface area contributed by atoms with Crippen molar-refractivity contribution in [2.24, 2.45) is 0 Å². The lowest BCUT2D eigenvalue weighted by molar-refractivity contribution is 0.660. The third kappa shape index (κ3) is 4.65. The number of hydrogen-bond acceptors (Lipinski definition) is 2. The number of nitrogens with zero attached hydrogens (tertiary/aromatic N) is 1.